The first kappa shape index (κ1) is 18.3. The maximum Gasteiger partial charge on any atom is 0.327 e. The van der Waals surface area contributed by atoms with Crippen molar-refractivity contribution in [3.8, 4) is 0 Å². The van der Waals surface area contributed by atoms with Crippen LogP contribution in [-0.2, 0) is 0 Å². The second-order valence-corrected chi connectivity index (χ2v) is 8.38. The topological polar surface area (TPSA) is 64.6 Å². The average molecular weight is 396 g/mol. The van der Waals surface area contributed by atoms with Crippen molar-refractivity contribution in [2.45, 2.75) is 37.3 Å². The number of likely N-dealkylation sites (N-methyl/N-ethyl adjacent to an activating group) is 1. The van der Waals surface area contributed by atoms with Gasteiger partial charge in [0.1, 0.15) is 17.5 Å². The van der Waals surface area contributed by atoms with Crippen molar-refractivity contribution >= 4 is 23.4 Å². The standard InChI is InChI=1S/C21H25FN6O/c1-26(2)15-7-8-27(12-15)19-6-4-17-16-3-5-18(16)28(20(17)25-19)21(29)24-14-9-13(22)10-23-11-14/h4,6,9-11,15-16,18H,3,5,7-8,12H2,1-2H3,(H,24,29)/t15-,16?,18?/m0/s1. The second-order valence-electron chi connectivity index (χ2n) is 8.38. The highest BCUT2D eigenvalue weighted by Gasteiger charge is 2.48. The zero-order valence-electron chi connectivity index (χ0n) is 16.7. The van der Waals surface area contributed by atoms with E-state index in [0.29, 0.717) is 17.6 Å². The van der Waals surface area contributed by atoms with E-state index in [1.54, 1.807) is 4.90 Å². The Labute approximate surface area is 169 Å². The molecule has 1 aliphatic carbocycles. The smallest absolute Gasteiger partial charge is 0.327 e. The van der Waals surface area contributed by atoms with Crippen LogP contribution in [0.1, 0.15) is 30.7 Å². The lowest BCUT2D eigenvalue weighted by molar-refractivity contribution is 0.248. The minimum Gasteiger partial charge on any atom is -0.355 e. The van der Waals surface area contributed by atoms with E-state index in [1.165, 1.54) is 12.3 Å². The number of nitrogens with one attached hydrogen (secondary N) is 1. The fraction of sp³-hybridized carbons (Fsp3) is 0.476. The molecule has 1 saturated carbocycles. The summed E-state index contributed by atoms with van der Waals surface area (Å²) in [6.07, 6.45) is 5.70. The molecular weight excluding hydrogens is 371 g/mol. The molecule has 0 radical (unpaired) electrons. The summed E-state index contributed by atoms with van der Waals surface area (Å²) < 4.78 is 13.4. The molecule has 5 rings (SSSR count). The van der Waals surface area contributed by atoms with E-state index in [4.69, 9.17) is 4.98 Å². The van der Waals surface area contributed by atoms with Gasteiger partial charge < -0.3 is 15.1 Å². The molecule has 3 atom stereocenters. The van der Waals surface area contributed by atoms with E-state index < -0.39 is 5.82 Å². The number of urea groups is 1. The molecule has 2 unspecified atom stereocenters. The Morgan fingerprint density at radius 2 is 2.10 bits per heavy atom. The predicted octanol–water partition coefficient (Wildman–Crippen LogP) is 3.05. The van der Waals surface area contributed by atoms with Gasteiger partial charge >= 0.3 is 6.03 Å². The third-order valence-electron chi connectivity index (χ3n) is 6.48. The minimum absolute atomic E-state index is 0.127. The van der Waals surface area contributed by atoms with Crippen molar-refractivity contribution in [2.24, 2.45) is 0 Å². The zero-order valence-corrected chi connectivity index (χ0v) is 16.7. The molecule has 4 heterocycles. The van der Waals surface area contributed by atoms with Gasteiger partial charge in [-0.25, -0.2) is 14.2 Å². The quantitative estimate of drug-likeness (QED) is 0.864. The van der Waals surface area contributed by atoms with E-state index in [2.05, 4.69) is 46.3 Å². The molecule has 0 spiro atoms. The van der Waals surface area contributed by atoms with E-state index >= 15 is 0 Å². The van der Waals surface area contributed by atoms with Crippen LogP contribution in [0.25, 0.3) is 0 Å². The Kier molecular flexibility index (Phi) is 4.38. The highest BCUT2D eigenvalue weighted by molar-refractivity contribution is 6.03. The number of carbonyl (C=O) groups excluding carboxylic acids is 1. The maximum absolute atomic E-state index is 13.4. The molecular formula is C21H25FN6O. The fourth-order valence-corrected chi connectivity index (χ4v) is 4.70. The first-order chi connectivity index (χ1) is 14.0. The van der Waals surface area contributed by atoms with Gasteiger partial charge in [0.15, 0.2) is 0 Å². The summed E-state index contributed by atoms with van der Waals surface area (Å²) in [5, 5.41) is 2.79. The predicted molar refractivity (Wildman–Crippen MR) is 110 cm³/mol. The van der Waals surface area contributed by atoms with Crippen molar-refractivity contribution in [2.75, 3.05) is 42.3 Å². The third-order valence-corrected chi connectivity index (χ3v) is 6.48. The van der Waals surface area contributed by atoms with Gasteiger partial charge in [-0.15, -0.1) is 0 Å². The average Bonchev–Trinajstić information content (AvgIpc) is 3.23. The summed E-state index contributed by atoms with van der Waals surface area (Å²) in [4.78, 5) is 28.1. The van der Waals surface area contributed by atoms with Gasteiger partial charge in [-0.3, -0.25) is 9.88 Å². The number of aromatic nitrogens is 2. The van der Waals surface area contributed by atoms with Crippen LogP contribution in [0.5, 0.6) is 0 Å². The normalized spacial score (nSPS) is 25.0. The van der Waals surface area contributed by atoms with Crippen LogP contribution >= 0.6 is 0 Å². The van der Waals surface area contributed by atoms with E-state index in [9.17, 15) is 9.18 Å². The van der Waals surface area contributed by atoms with Gasteiger partial charge in [-0.2, -0.15) is 0 Å². The number of hydrogen-bond acceptors (Lipinski definition) is 5. The molecule has 2 aromatic heterocycles. The summed E-state index contributed by atoms with van der Waals surface area (Å²) >= 11 is 0. The van der Waals surface area contributed by atoms with Gasteiger partial charge in [0.05, 0.1) is 18.1 Å². The molecule has 2 aliphatic heterocycles. The first-order valence-electron chi connectivity index (χ1n) is 10.1. The molecule has 2 amide bonds. The van der Waals surface area contributed by atoms with E-state index in [0.717, 1.165) is 55.7 Å². The molecule has 1 N–H and O–H groups in total. The zero-order chi connectivity index (χ0) is 20.1. The summed E-state index contributed by atoms with van der Waals surface area (Å²) in [7, 11) is 4.21. The van der Waals surface area contributed by atoms with Crippen LogP contribution in [0.4, 0.5) is 26.5 Å². The number of nitrogens with zero attached hydrogens (tertiary/aromatic N) is 5. The fourth-order valence-electron chi connectivity index (χ4n) is 4.70. The molecule has 0 aromatic carbocycles. The second kappa shape index (κ2) is 6.95. The SMILES string of the molecule is CN(C)[C@H]1CCN(c2ccc3c(n2)N(C(=O)Nc2cncc(F)c2)C2CCC32)C1. The number of hydrogen-bond donors (Lipinski definition) is 1. The lowest BCUT2D eigenvalue weighted by atomic mass is 9.78. The summed E-state index contributed by atoms with van der Waals surface area (Å²) in [5.74, 6) is 1.52. The molecule has 7 nitrogen and oxygen atoms in total. The summed E-state index contributed by atoms with van der Waals surface area (Å²) in [6, 6.07) is 5.86. The molecule has 8 heteroatoms. The maximum atomic E-state index is 13.4. The van der Waals surface area contributed by atoms with Crippen molar-refractivity contribution in [3.05, 3.63) is 42.0 Å². The van der Waals surface area contributed by atoms with Crippen molar-refractivity contribution < 1.29 is 9.18 Å². The lowest BCUT2D eigenvalue weighted by Gasteiger charge is -2.35. The number of fused-ring (bicyclic) bond motifs is 3. The molecule has 1 saturated heterocycles. The number of halogens is 1. The summed E-state index contributed by atoms with van der Waals surface area (Å²) in [6.45, 7) is 1.90. The summed E-state index contributed by atoms with van der Waals surface area (Å²) in [5.41, 5.74) is 1.49. The molecule has 2 fully saturated rings. The van der Waals surface area contributed by atoms with Gasteiger partial charge in [0.25, 0.3) is 0 Å². The highest BCUT2D eigenvalue weighted by Crippen LogP contribution is 2.51. The number of carbonyl (C=O) groups is 1. The van der Waals surface area contributed by atoms with Crippen LogP contribution in [0, 0.1) is 5.82 Å². The van der Waals surface area contributed by atoms with Gasteiger partial charge in [0.2, 0.25) is 0 Å². The highest BCUT2D eigenvalue weighted by atomic mass is 19.1. The van der Waals surface area contributed by atoms with Gasteiger partial charge in [-0.05, 0) is 39.4 Å². The molecule has 2 aromatic rings. The van der Waals surface area contributed by atoms with Crippen LogP contribution < -0.4 is 15.1 Å². The number of pyridine rings is 2. The van der Waals surface area contributed by atoms with E-state index in [1.807, 2.05) is 0 Å². The van der Waals surface area contributed by atoms with Crippen LogP contribution in [0.2, 0.25) is 0 Å². The Morgan fingerprint density at radius 3 is 2.79 bits per heavy atom. The Hall–Kier alpha value is -2.74. The molecule has 152 valence electrons. The van der Waals surface area contributed by atoms with E-state index in [-0.39, 0.29) is 12.1 Å². The Balaban J connectivity index is 1.41. The lowest BCUT2D eigenvalue weighted by Crippen LogP contribution is -2.46. The minimum atomic E-state index is -0.476. The largest absolute Gasteiger partial charge is 0.355 e. The number of amides is 2. The van der Waals surface area contributed by atoms with Crippen LogP contribution in [0.3, 0.4) is 0 Å². The van der Waals surface area contributed by atoms with Crippen molar-refractivity contribution in [1.82, 2.24) is 14.9 Å². The van der Waals surface area contributed by atoms with Crippen molar-refractivity contribution in [3.63, 3.8) is 0 Å². The van der Waals surface area contributed by atoms with Crippen LogP contribution in [-0.4, -0.2) is 60.2 Å². The third kappa shape index (κ3) is 3.11. The monoisotopic (exact) mass is 396 g/mol. The molecule has 3 aliphatic rings. The number of rotatable bonds is 3. The van der Waals surface area contributed by atoms with Crippen LogP contribution in [0.15, 0.2) is 30.6 Å². The first-order valence-corrected chi connectivity index (χ1v) is 10.1. The molecule has 0 bridgehead atoms. The molecule has 29 heavy (non-hydrogen) atoms. The Bertz CT molecular complexity index is 951. The van der Waals surface area contributed by atoms with Gasteiger partial charge in [-0.1, -0.05) is 6.07 Å². The Morgan fingerprint density at radius 1 is 1.24 bits per heavy atom. The van der Waals surface area contributed by atoms with Gasteiger partial charge in [0, 0.05) is 42.7 Å². The number of anilines is 3. The van der Waals surface area contributed by atoms with Crippen molar-refractivity contribution in [1.29, 1.82) is 0 Å².